The van der Waals surface area contributed by atoms with E-state index in [1.54, 1.807) is 0 Å². The van der Waals surface area contributed by atoms with Gasteiger partial charge in [-0.1, -0.05) is 50.7 Å². The van der Waals surface area contributed by atoms with Crippen molar-refractivity contribution < 1.29 is 9.59 Å². The number of piperidine rings is 1. The maximum atomic E-state index is 13.1. The van der Waals surface area contributed by atoms with Gasteiger partial charge in [0.15, 0.2) is 0 Å². The van der Waals surface area contributed by atoms with E-state index in [0.717, 1.165) is 17.8 Å². The molecular weight excluding hydrogens is 386 g/mol. The van der Waals surface area contributed by atoms with Gasteiger partial charge in [0, 0.05) is 24.2 Å². The van der Waals surface area contributed by atoms with Gasteiger partial charge in [0.25, 0.3) is 0 Å². The molecule has 31 heavy (non-hydrogen) atoms. The van der Waals surface area contributed by atoms with Gasteiger partial charge in [0.1, 0.15) is 6.42 Å². The third-order valence-electron chi connectivity index (χ3n) is 7.66. The molecule has 2 amide bonds. The first-order chi connectivity index (χ1) is 15.0. The summed E-state index contributed by atoms with van der Waals surface area (Å²) in [5.41, 5.74) is 1.59. The molecule has 0 unspecified atom stereocenters. The number of carbonyl (C=O) groups is 2. The van der Waals surface area contributed by atoms with Gasteiger partial charge in [-0.05, 0) is 58.1 Å². The number of anilines is 2. The number of rotatable bonds is 4. The van der Waals surface area contributed by atoms with E-state index in [2.05, 4.69) is 24.1 Å². The van der Waals surface area contributed by atoms with Crippen molar-refractivity contribution in [3.63, 3.8) is 0 Å². The molecule has 1 aromatic rings. The number of benzene rings is 1. The molecular formula is C26H39N3O2. The lowest BCUT2D eigenvalue weighted by molar-refractivity contribution is -0.125. The molecule has 170 valence electrons. The van der Waals surface area contributed by atoms with E-state index in [4.69, 9.17) is 0 Å². The lowest BCUT2D eigenvalue weighted by atomic mass is 9.86. The molecule has 4 rings (SSSR count). The summed E-state index contributed by atoms with van der Waals surface area (Å²) < 4.78 is 0. The summed E-state index contributed by atoms with van der Waals surface area (Å²) in [6.07, 6.45) is 14.1. The van der Waals surface area contributed by atoms with Crippen molar-refractivity contribution in [1.29, 1.82) is 0 Å². The first kappa shape index (κ1) is 22.3. The summed E-state index contributed by atoms with van der Waals surface area (Å²) in [6.45, 7) is 4.57. The Bertz CT molecular complexity index is 772. The van der Waals surface area contributed by atoms with Crippen molar-refractivity contribution >= 4 is 23.2 Å². The van der Waals surface area contributed by atoms with Gasteiger partial charge in [0.2, 0.25) is 11.8 Å². The molecule has 0 spiro atoms. The molecule has 5 heteroatoms. The number of nitrogens with zero attached hydrogens (tertiary/aromatic N) is 2. The molecule has 0 aromatic heterocycles. The number of fused-ring (bicyclic) bond motifs is 1. The van der Waals surface area contributed by atoms with Crippen LogP contribution in [-0.2, 0) is 9.59 Å². The van der Waals surface area contributed by atoms with E-state index in [1.807, 2.05) is 29.2 Å². The summed E-state index contributed by atoms with van der Waals surface area (Å²) in [5, 5.41) is 2.91. The van der Waals surface area contributed by atoms with E-state index in [9.17, 15) is 9.59 Å². The van der Waals surface area contributed by atoms with E-state index in [1.165, 1.54) is 64.2 Å². The Hall–Kier alpha value is -1.88. The van der Waals surface area contributed by atoms with Crippen LogP contribution in [0.5, 0.6) is 0 Å². The van der Waals surface area contributed by atoms with Gasteiger partial charge in [-0.25, -0.2) is 0 Å². The monoisotopic (exact) mass is 425 g/mol. The normalized spacial score (nSPS) is 27.6. The first-order valence-corrected chi connectivity index (χ1v) is 12.5. The highest BCUT2D eigenvalue weighted by atomic mass is 16.2. The van der Waals surface area contributed by atoms with E-state index in [0.29, 0.717) is 18.1 Å². The first-order valence-electron chi connectivity index (χ1n) is 12.5. The van der Waals surface area contributed by atoms with Gasteiger partial charge < -0.3 is 10.2 Å². The lowest BCUT2D eigenvalue weighted by Crippen LogP contribution is -2.53. The number of amides is 2. The van der Waals surface area contributed by atoms with Crippen LogP contribution < -0.4 is 10.2 Å². The summed E-state index contributed by atoms with van der Waals surface area (Å²) in [7, 11) is 0. The van der Waals surface area contributed by atoms with E-state index in [-0.39, 0.29) is 24.3 Å². The van der Waals surface area contributed by atoms with Gasteiger partial charge in [-0.2, -0.15) is 0 Å². The van der Waals surface area contributed by atoms with Gasteiger partial charge >= 0.3 is 0 Å². The fraction of sp³-hybridized carbons (Fsp3) is 0.692. The number of para-hydroxylation sites is 2. The highest BCUT2D eigenvalue weighted by Gasteiger charge is 2.37. The zero-order chi connectivity index (χ0) is 21.8. The zero-order valence-corrected chi connectivity index (χ0v) is 19.3. The topological polar surface area (TPSA) is 52.7 Å². The number of carbonyl (C=O) groups excluding carboxylic acids is 2. The fourth-order valence-electron chi connectivity index (χ4n) is 6.26. The Morgan fingerprint density at radius 1 is 0.968 bits per heavy atom. The van der Waals surface area contributed by atoms with Gasteiger partial charge in [-0.15, -0.1) is 0 Å². The number of hydrogen-bond donors (Lipinski definition) is 1. The molecule has 3 atom stereocenters. The lowest BCUT2D eigenvalue weighted by Gasteiger charge is -2.48. The van der Waals surface area contributed by atoms with Crippen LogP contribution in [0.3, 0.4) is 0 Å². The summed E-state index contributed by atoms with van der Waals surface area (Å²) in [4.78, 5) is 30.0. The van der Waals surface area contributed by atoms with Crippen LogP contribution >= 0.6 is 0 Å². The maximum Gasteiger partial charge on any atom is 0.236 e. The third-order valence-corrected chi connectivity index (χ3v) is 7.66. The van der Waals surface area contributed by atoms with Gasteiger partial charge in [-0.3, -0.25) is 14.5 Å². The minimum absolute atomic E-state index is 0.0627. The summed E-state index contributed by atoms with van der Waals surface area (Å²) in [5.74, 6) is -0.300. The van der Waals surface area contributed by atoms with Crippen LogP contribution in [0.2, 0.25) is 0 Å². The number of hydrogen-bond acceptors (Lipinski definition) is 3. The highest BCUT2D eigenvalue weighted by Crippen LogP contribution is 2.36. The van der Waals surface area contributed by atoms with E-state index < -0.39 is 0 Å². The standard InChI is InChI=1S/C26H39N3O2/c1-19-11-10-14-22(28(19)21-12-6-4-3-5-7-13-21)17-20(2)29-24-16-9-8-15-23(24)27-25(30)18-26(29)31/h8-9,15-16,19-22H,3-7,10-14,17-18H2,1-2H3,(H,27,30)/t19-,20-,22-/m0/s1. The quantitative estimate of drug-likeness (QED) is 0.649. The molecule has 0 bridgehead atoms. The van der Waals surface area contributed by atoms with Crippen molar-refractivity contribution in [2.45, 2.75) is 115 Å². The van der Waals surface area contributed by atoms with Crippen molar-refractivity contribution in [3.8, 4) is 0 Å². The summed E-state index contributed by atoms with van der Waals surface area (Å²) >= 11 is 0. The van der Waals surface area contributed by atoms with Crippen molar-refractivity contribution in [2.75, 3.05) is 10.2 Å². The highest BCUT2D eigenvalue weighted by molar-refractivity contribution is 6.14. The molecule has 1 saturated heterocycles. The average Bonchev–Trinajstić information content (AvgIpc) is 2.83. The molecule has 1 aliphatic carbocycles. The maximum absolute atomic E-state index is 13.1. The van der Waals surface area contributed by atoms with Gasteiger partial charge in [0.05, 0.1) is 11.4 Å². The predicted molar refractivity (Wildman–Crippen MR) is 126 cm³/mol. The van der Waals surface area contributed by atoms with Crippen LogP contribution in [0.25, 0.3) is 0 Å². The molecule has 1 saturated carbocycles. The predicted octanol–water partition coefficient (Wildman–Crippen LogP) is 5.50. The minimum atomic E-state index is -0.213. The molecule has 1 aromatic carbocycles. The number of nitrogens with one attached hydrogen (secondary N) is 1. The van der Waals surface area contributed by atoms with Crippen LogP contribution in [0, 0.1) is 0 Å². The van der Waals surface area contributed by atoms with E-state index >= 15 is 0 Å². The van der Waals surface area contributed by atoms with Crippen LogP contribution in [0.4, 0.5) is 11.4 Å². The van der Waals surface area contributed by atoms with Crippen molar-refractivity contribution in [1.82, 2.24) is 4.90 Å². The Morgan fingerprint density at radius 2 is 1.68 bits per heavy atom. The SMILES string of the molecule is C[C@@H](C[C@@H]1CCC[C@H](C)N1C1CCCCCCC1)N1C(=O)CC(=O)Nc2ccccc21. The molecule has 2 heterocycles. The van der Waals surface area contributed by atoms with Crippen LogP contribution in [-0.4, -0.2) is 40.9 Å². The Kier molecular flexibility index (Phi) is 7.31. The second kappa shape index (κ2) is 10.2. The minimum Gasteiger partial charge on any atom is -0.324 e. The Morgan fingerprint density at radius 3 is 2.45 bits per heavy atom. The summed E-state index contributed by atoms with van der Waals surface area (Å²) in [6, 6.07) is 9.60. The molecule has 0 radical (unpaired) electrons. The van der Waals surface area contributed by atoms with Crippen LogP contribution in [0.1, 0.15) is 90.9 Å². The van der Waals surface area contributed by atoms with Crippen LogP contribution in [0.15, 0.2) is 24.3 Å². The Labute approximate surface area is 187 Å². The second-order valence-electron chi connectivity index (χ2n) is 9.97. The second-order valence-corrected chi connectivity index (χ2v) is 9.97. The largest absolute Gasteiger partial charge is 0.324 e. The third kappa shape index (κ3) is 5.14. The smallest absolute Gasteiger partial charge is 0.236 e. The number of likely N-dealkylation sites (tertiary alicyclic amines) is 1. The average molecular weight is 426 g/mol. The molecule has 1 N–H and O–H groups in total. The zero-order valence-electron chi connectivity index (χ0n) is 19.3. The molecule has 2 fully saturated rings. The Balaban J connectivity index is 1.54. The molecule has 2 aliphatic heterocycles. The van der Waals surface area contributed by atoms with Crippen molar-refractivity contribution in [3.05, 3.63) is 24.3 Å². The molecule has 5 nitrogen and oxygen atoms in total. The molecule has 3 aliphatic rings. The van der Waals surface area contributed by atoms with Crippen molar-refractivity contribution in [2.24, 2.45) is 0 Å². The fourth-order valence-corrected chi connectivity index (χ4v) is 6.26.